The maximum Gasteiger partial charge on any atom is 0.244 e. The summed E-state index contributed by atoms with van der Waals surface area (Å²) in [4.78, 5) is 18.2. The standard InChI is InChI=1S/C20H24N6O2/c1-25(13-17-11-19(24-28-17)15-4-8-21-9-5-15)20(27)14-26-10-6-18(23-26)16-3-2-7-22-12-16/h4-6,8-11,16,22H,2-3,7,12-14H2,1H3/t16-/m0/s1. The number of carbonyl (C=O) groups is 1. The van der Waals surface area contributed by atoms with Gasteiger partial charge in [-0.25, -0.2) is 0 Å². The largest absolute Gasteiger partial charge is 0.359 e. The van der Waals surface area contributed by atoms with Gasteiger partial charge in [0, 0.05) is 49.7 Å². The first-order valence-corrected chi connectivity index (χ1v) is 9.53. The molecule has 1 atom stereocenters. The molecule has 28 heavy (non-hydrogen) atoms. The predicted molar refractivity (Wildman–Crippen MR) is 103 cm³/mol. The highest BCUT2D eigenvalue weighted by molar-refractivity contribution is 5.75. The zero-order valence-corrected chi connectivity index (χ0v) is 15.9. The molecule has 4 rings (SSSR count). The Balaban J connectivity index is 1.34. The van der Waals surface area contributed by atoms with Gasteiger partial charge < -0.3 is 14.7 Å². The first kappa shape index (κ1) is 18.4. The average Bonchev–Trinajstić information content (AvgIpc) is 3.39. The van der Waals surface area contributed by atoms with Crippen LogP contribution < -0.4 is 5.32 Å². The molecule has 3 aromatic rings. The van der Waals surface area contributed by atoms with Gasteiger partial charge in [0.05, 0.1) is 12.2 Å². The summed E-state index contributed by atoms with van der Waals surface area (Å²) in [6.07, 6.45) is 7.61. The normalized spacial score (nSPS) is 16.8. The van der Waals surface area contributed by atoms with Crippen LogP contribution in [0, 0.1) is 0 Å². The molecule has 0 radical (unpaired) electrons. The summed E-state index contributed by atoms with van der Waals surface area (Å²) < 4.78 is 7.09. The van der Waals surface area contributed by atoms with Crippen LogP contribution in [-0.4, -0.2) is 50.9 Å². The molecule has 1 fully saturated rings. The van der Waals surface area contributed by atoms with Gasteiger partial charge in [-0.1, -0.05) is 5.16 Å². The van der Waals surface area contributed by atoms with Crippen molar-refractivity contribution in [2.75, 3.05) is 20.1 Å². The number of carbonyl (C=O) groups excluding carboxylic acids is 1. The van der Waals surface area contributed by atoms with Crippen LogP contribution in [0.5, 0.6) is 0 Å². The number of nitrogens with one attached hydrogen (secondary N) is 1. The molecule has 4 heterocycles. The smallest absolute Gasteiger partial charge is 0.244 e. The fourth-order valence-electron chi connectivity index (χ4n) is 3.41. The minimum atomic E-state index is -0.0294. The Morgan fingerprint density at radius 1 is 1.36 bits per heavy atom. The Morgan fingerprint density at radius 2 is 2.21 bits per heavy atom. The molecular weight excluding hydrogens is 356 g/mol. The van der Waals surface area contributed by atoms with E-state index in [-0.39, 0.29) is 12.5 Å². The second-order valence-electron chi connectivity index (χ2n) is 7.15. The van der Waals surface area contributed by atoms with Crippen molar-refractivity contribution in [3.05, 3.63) is 54.3 Å². The van der Waals surface area contributed by atoms with Crippen LogP contribution in [0.2, 0.25) is 0 Å². The summed E-state index contributed by atoms with van der Waals surface area (Å²) in [7, 11) is 1.76. The highest BCUT2D eigenvalue weighted by atomic mass is 16.5. The summed E-state index contributed by atoms with van der Waals surface area (Å²) in [6, 6.07) is 7.60. The molecule has 1 N–H and O–H groups in total. The third-order valence-electron chi connectivity index (χ3n) is 5.03. The van der Waals surface area contributed by atoms with Crippen molar-refractivity contribution >= 4 is 5.91 Å². The van der Waals surface area contributed by atoms with E-state index in [9.17, 15) is 4.79 Å². The second-order valence-corrected chi connectivity index (χ2v) is 7.15. The Kier molecular flexibility index (Phi) is 5.48. The number of aromatic nitrogens is 4. The van der Waals surface area contributed by atoms with Crippen LogP contribution >= 0.6 is 0 Å². The van der Waals surface area contributed by atoms with Crippen LogP contribution in [-0.2, 0) is 17.9 Å². The molecule has 146 valence electrons. The van der Waals surface area contributed by atoms with E-state index in [1.165, 1.54) is 0 Å². The molecule has 0 aromatic carbocycles. The minimum Gasteiger partial charge on any atom is -0.359 e. The summed E-state index contributed by atoms with van der Waals surface area (Å²) in [5.74, 6) is 1.04. The van der Waals surface area contributed by atoms with Gasteiger partial charge in [0.25, 0.3) is 0 Å². The topological polar surface area (TPSA) is 89.1 Å². The quantitative estimate of drug-likeness (QED) is 0.704. The summed E-state index contributed by atoms with van der Waals surface area (Å²) in [6.45, 7) is 2.60. The van der Waals surface area contributed by atoms with Gasteiger partial charge >= 0.3 is 0 Å². The lowest BCUT2D eigenvalue weighted by Gasteiger charge is -2.20. The molecule has 1 amide bonds. The summed E-state index contributed by atoms with van der Waals surface area (Å²) in [5, 5.41) is 12.1. The molecule has 1 saturated heterocycles. The monoisotopic (exact) mass is 380 g/mol. The molecule has 8 nitrogen and oxygen atoms in total. The lowest BCUT2D eigenvalue weighted by molar-refractivity contribution is -0.131. The molecule has 0 spiro atoms. The zero-order valence-electron chi connectivity index (χ0n) is 15.9. The Hall–Kier alpha value is -3.00. The first-order chi connectivity index (χ1) is 13.7. The van der Waals surface area contributed by atoms with E-state index in [0.717, 1.165) is 42.9 Å². The van der Waals surface area contributed by atoms with Gasteiger partial charge in [0.1, 0.15) is 12.2 Å². The summed E-state index contributed by atoms with van der Waals surface area (Å²) >= 11 is 0. The van der Waals surface area contributed by atoms with Crippen molar-refractivity contribution in [1.82, 2.24) is 30.1 Å². The van der Waals surface area contributed by atoms with Crippen molar-refractivity contribution in [1.29, 1.82) is 0 Å². The molecule has 1 aliphatic rings. The predicted octanol–water partition coefficient (Wildman–Crippen LogP) is 2.06. The number of nitrogens with zero attached hydrogens (tertiary/aromatic N) is 5. The highest BCUT2D eigenvalue weighted by Crippen LogP contribution is 2.21. The first-order valence-electron chi connectivity index (χ1n) is 9.53. The number of amides is 1. The molecule has 0 saturated carbocycles. The van der Waals surface area contributed by atoms with Crippen LogP contribution in [0.25, 0.3) is 11.3 Å². The van der Waals surface area contributed by atoms with Crippen LogP contribution in [0.3, 0.4) is 0 Å². The Labute approximate surface area is 163 Å². The van der Waals surface area contributed by atoms with Gasteiger partial charge in [0.2, 0.25) is 5.91 Å². The van der Waals surface area contributed by atoms with E-state index >= 15 is 0 Å². The number of pyridine rings is 1. The van der Waals surface area contributed by atoms with Gasteiger partial charge in [-0.05, 0) is 37.6 Å². The number of hydrogen-bond acceptors (Lipinski definition) is 6. The van der Waals surface area contributed by atoms with Crippen LogP contribution in [0.4, 0.5) is 0 Å². The van der Waals surface area contributed by atoms with E-state index < -0.39 is 0 Å². The zero-order chi connectivity index (χ0) is 19.3. The fourth-order valence-corrected chi connectivity index (χ4v) is 3.41. The molecule has 3 aromatic heterocycles. The molecular formula is C20H24N6O2. The molecule has 0 bridgehead atoms. The molecule has 0 aliphatic carbocycles. The number of likely N-dealkylation sites (N-methyl/N-ethyl adjacent to an activating group) is 1. The Morgan fingerprint density at radius 3 is 3.00 bits per heavy atom. The number of rotatable bonds is 6. The third kappa shape index (κ3) is 4.28. The highest BCUT2D eigenvalue weighted by Gasteiger charge is 2.19. The average molecular weight is 380 g/mol. The maximum atomic E-state index is 12.6. The van der Waals surface area contributed by atoms with Gasteiger partial charge in [-0.3, -0.25) is 14.5 Å². The number of hydrogen-bond donors (Lipinski definition) is 1. The van der Waals surface area contributed by atoms with E-state index in [0.29, 0.717) is 18.2 Å². The molecule has 0 unspecified atom stereocenters. The minimum absolute atomic E-state index is 0.0294. The lowest BCUT2D eigenvalue weighted by atomic mass is 9.97. The van der Waals surface area contributed by atoms with Gasteiger partial charge in [-0.15, -0.1) is 0 Å². The Bertz CT molecular complexity index is 914. The van der Waals surface area contributed by atoms with Crippen LogP contribution in [0.1, 0.15) is 30.2 Å². The summed E-state index contributed by atoms with van der Waals surface area (Å²) in [5.41, 5.74) is 2.72. The number of piperidine rings is 1. The SMILES string of the molecule is CN(Cc1cc(-c2ccncc2)no1)C(=O)Cn1ccc([C@H]2CCCNC2)n1. The van der Waals surface area contributed by atoms with Crippen molar-refractivity contribution in [3.8, 4) is 11.3 Å². The van der Waals surface area contributed by atoms with Gasteiger partial charge in [-0.2, -0.15) is 5.10 Å². The maximum absolute atomic E-state index is 12.6. The van der Waals surface area contributed by atoms with E-state index in [2.05, 4.69) is 20.6 Å². The van der Waals surface area contributed by atoms with Gasteiger partial charge in [0.15, 0.2) is 5.76 Å². The molecule has 1 aliphatic heterocycles. The molecule has 8 heteroatoms. The van der Waals surface area contributed by atoms with E-state index in [1.54, 1.807) is 29.0 Å². The van der Waals surface area contributed by atoms with Crippen molar-refractivity contribution < 1.29 is 9.32 Å². The van der Waals surface area contributed by atoms with Crippen molar-refractivity contribution in [2.45, 2.75) is 31.8 Å². The van der Waals surface area contributed by atoms with E-state index in [1.807, 2.05) is 30.5 Å². The fraction of sp³-hybridized carbons (Fsp3) is 0.400. The van der Waals surface area contributed by atoms with E-state index in [4.69, 9.17) is 4.52 Å². The third-order valence-corrected chi connectivity index (χ3v) is 5.03. The lowest BCUT2D eigenvalue weighted by Crippen LogP contribution is -2.30. The van der Waals surface area contributed by atoms with Crippen LogP contribution in [0.15, 0.2) is 47.4 Å². The van der Waals surface area contributed by atoms with Crippen molar-refractivity contribution in [2.24, 2.45) is 0 Å². The van der Waals surface area contributed by atoms with Crippen molar-refractivity contribution in [3.63, 3.8) is 0 Å². The second kappa shape index (κ2) is 8.35.